The minimum absolute atomic E-state index is 0. The van der Waals surface area contributed by atoms with Gasteiger partial charge >= 0.3 is 6.18 Å². The lowest BCUT2D eigenvalue weighted by atomic mass is 9.93. The Morgan fingerprint density at radius 1 is 1.35 bits per heavy atom. The lowest BCUT2D eigenvalue weighted by Crippen LogP contribution is -2.28. The van der Waals surface area contributed by atoms with Crippen LogP contribution in [0.15, 0.2) is 12.1 Å². The third-order valence-electron chi connectivity index (χ3n) is 2.82. The zero-order valence-electron chi connectivity index (χ0n) is 9.07. The van der Waals surface area contributed by atoms with E-state index in [1.165, 1.54) is 6.07 Å². The molecule has 0 fully saturated rings. The van der Waals surface area contributed by atoms with Gasteiger partial charge in [0, 0.05) is 11.1 Å². The van der Waals surface area contributed by atoms with Gasteiger partial charge in [-0.15, -0.1) is 12.4 Å². The van der Waals surface area contributed by atoms with Crippen LogP contribution >= 0.6 is 24.0 Å². The van der Waals surface area contributed by atoms with Gasteiger partial charge in [-0.2, -0.15) is 13.2 Å². The van der Waals surface area contributed by atoms with Gasteiger partial charge in [0.05, 0.1) is 5.56 Å². The molecule has 0 bridgehead atoms. The summed E-state index contributed by atoms with van der Waals surface area (Å²) in [4.78, 5) is 0. The third-order valence-corrected chi connectivity index (χ3v) is 3.13. The summed E-state index contributed by atoms with van der Waals surface area (Å²) in [6.07, 6.45) is -3.74. The Labute approximate surface area is 109 Å². The van der Waals surface area contributed by atoms with Crippen LogP contribution in [0.1, 0.15) is 29.7 Å². The molecular formula is C11H12Cl2F3N. The third kappa shape index (κ3) is 2.87. The highest BCUT2D eigenvalue weighted by Crippen LogP contribution is 2.37. The monoisotopic (exact) mass is 285 g/mol. The van der Waals surface area contributed by atoms with Gasteiger partial charge in [-0.25, -0.2) is 0 Å². The van der Waals surface area contributed by atoms with E-state index < -0.39 is 11.7 Å². The Bertz CT molecular complexity index is 418. The first-order chi connectivity index (χ1) is 7.39. The number of hydrogen-bond acceptors (Lipinski definition) is 1. The molecule has 0 unspecified atom stereocenters. The van der Waals surface area contributed by atoms with E-state index in [1.54, 1.807) is 0 Å². The van der Waals surface area contributed by atoms with E-state index in [1.807, 2.05) is 6.92 Å². The lowest BCUT2D eigenvalue weighted by molar-refractivity contribution is -0.137. The van der Waals surface area contributed by atoms with Gasteiger partial charge in [-0.05, 0) is 43.1 Å². The van der Waals surface area contributed by atoms with Crippen LogP contribution in [0.3, 0.4) is 0 Å². The van der Waals surface area contributed by atoms with Crippen LogP contribution in [-0.2, 0) is 12.6 Å². The van der Waals surface area contributed by atoms with Crippen LogP contribution in [0.5, 0.6) is 0 Å². The van der Waals surface area contributed by atoms with Gasteiger partial charge in [0.2, 0.25) is 0 Å². The van der Waals surface area contributed by atoms with E-state index in [-0.39, 0.29) is 23.5 Å². The fraction of sp³-hybridized carbons (Fsp3) is 0.455. The molecule has 1 aliphatic rings. The molecule has 1 heterocycles. The summed E-state index contributed by atoms with van der Waals surface area (Å²) in [5.41, 5.74) is 0.831. The molecular weight excluding hydrogens is 274 g/mol. The molecule has 1 aromatic rings. The molecule has 1 atom stereocenters. The zero-order valence-corrected chi connectivity index (χ0v) is 10.6. The number of halogens is 5. The summed E-state index contributed by atoms with van der Waals surface area (Å²) in [5.74, 6) is 0. The van der Waals surface area contributed by atoms with E-state index in [2.05, 4.69) is 5.32 Å². The largest absolute Gasteiger partial charge is 0.416 e. The average molecular weight is 286 g/mol. The minimum atomic E-state index is -4.33. The zero-order chi connectivity index (χ0) is 11.9. The first kappa shape index (κ1) is 14.6. The number of benzene rings is 1. The molecule has 0 radical (unpaired) electrons. The Balaban J connectivity index is 0.00000144. The van der Waals surface area contributed by atoms with Crippen LogP contribution in [0.25, 0.3) is 0 Å². The summed E-state index contributed by atoms with van der Waals surface area (Å²) >= 11 is 5.91. The average Bonchev–Trinajstić information content (AvgIpc) is 2.15. The number of fused-ring (bicyclic) bond motifs is 1. The standard InChI is InChI=1S/C11H11ClF3N.ClH/c1-6-10-7(2-3-16-6)4-8(5-9(10)12)11(13,14)15;/h4-6,16H,2-3H2,1H3;1H/t6-;/m0./s1. The van der Waals surface area contributed by atoms with Gasteiger partial charge in [0.1, 0.15) is 0 Å². The van der Waals surface area contributed by atoms with Crippen molar-refractivity contribution in [2.45, 2.75) is 25.6 Å². The van der Waals surface area contributed by atoms with Crippen molar-refractivity contribution in [1.82, 2.24) is 5.32 Å². The summed E-state index contributed by atoms with van der Waals surface area (Å²) in [6, 6.07) is 2.22. The number of nitrogens with one attached hydrogen (secondary N) is 1. The molecule has 0 aromatic heterocycles. The van der Waals surface area contributed by atoms with E-state index in [0.717, 1.165) is 11.6 Å². The maximum Gasteiger partial charge on any atom is 0.416 e. The summed E-state index contributed by atoms with van der Waals surface area (Å²) in [7, 11) is 0. The second-order valence-electron chi connectivity index (χ2n) is 3.95. The number of alkyl halides is 3. The van der Waals surface area contributed by atoms with Crippen molar-refractivity contribution < 1.29 is 13.2 Å². The fourth-order valence-corrected chi connectivity index (χ4v) is 2.46. The smallest absolute Gasteiger partial charge is 0.310 e. The van der Waals surface area contributed by atoms with Gasteiger partial charge in [0.15, 0.2) is 0 Å². The first-order valence-electron chi connectivity index (χ1n) is 5.02. The van der Waals surface area contributed by atoms with Crippen LogP contribution in [0.4, 0.5) is 13.2 Å². The van der Waals surface area contributed by atoms with Crippen molar-refractivity contribution in [3.8, 4) is 0 Å². The second kappa shape index (κ2) is 5.04. The predicted molar refractivity (Wildman–Crippen MR) is 63.8 cm³/mol. The molecule has 96 valence electrons. The van der Waals surface area contributed by atoms with Crippen LogP contribution in [0.2, 0.25) is 5.02 Å². The molecule has 0 amide bonds. The van der Waals surface area contributed by atoms with Gasteiger partial charge in [-0.1, -0.05) is 11.6 Å². The number of hydrogen-bond donors (Lipinski definition) is 1. The molecule has 1 aliphatic heterocycles. The molecule has 0 saturated heterocycles. The van der Waals surface area contributed by atoms with E-state index in [4.69, 9.17) is 11.6 Å². The molecule has 1 N–H and O–H groups in total. The maximum atomic E-state index is 12.6. The summed E-state index contributed by atoms with van der Waals surface area (Å²) in [5, 5.41) is 3.37. The molecule has 1 nitrogen and oxygen atoms in total. The lowest BCUT2D eigenvalue weighted by Gasteiger charge is -2.26. The molecule has 17 heavy (non-hydrogen) atoms. The van der Waals surface area contributed by atoms with Crippen LogP contribution in [0, 0.1) is 0 Å². The molecule has 6 heteroatoms. The molecule has 2 rings (SSSR count). The van der Waals surface area contributed by atoms with E-state index in [0.29, 0.717) is 18.5 Å². The molecule has 1 aromatic carbocycles. The van der Waals surface area contributed by atoms with E-state index >= 15 is 0 Å². The Kier molecular flexibility index (Phi) is 4.33. The Morgan fingerprint density at radius 3 is 2.59 bits per heavy atom. The van der Waals surface area contributed by atoms with Crippen LogP contribution in [-0.4, -0.2) is 6.54 Å². The van der Waals surface area contributed by atoms with Crippen molar-refractivity contribution in [3.05, 3.63) is 33.8 Å². The summed E-state index contributed by atoms with van der Waals surface area (Å²) in [6.45, 7) is 2.59. The SMILES string of the molecule is C[C@@H]1NCCc2cc(C(F)(F)F)cc(Cl)c21.Cl. The molecule has 0 saturated carbocycles. The highest BCUT2D eigenvalue weighted by molar-refractivity contribution is 6.31. The quantitative estimate of drug-likeness (QED) is 0.760. The van der Waals surface area contributed by atoms with Gasteiger partial charge in [0.25, 0.3) is 0 Å². The molecule has 0 aliphatic carbocycles. The van der Waals surface area contributed by atoms with Crippen molar-refractivity contribution >= 4 is 24.0 Å². The van der Waals surface area contributed by atoms with E-state index in [9.17, 15) is 13.2 Å². The van der Waals surface area contributed by atoms with Crippen molar-refractivity contribution in [2.75, 3.05) is 6.54 Å². The highest BCUT2D eigenvalue weighted by Gasteiger charge is 2.33. The first-order valence-corrected chi connectivity index (χ1v) is 5.40. The van der Waals surface area contributed by atoms with Gasteiger partial charge in [-0.3, -0.25) is 0 Å². The normalized spacial score (nSPS) is 19.5. The predicted octanol–water partition coefficient (Wildman–Crippen LogP) is 3.99. The van der Waals surface area contributed by atoms with Crippen molar-refractivity contribution in [1.29, 1.82) is 0 Å². The Morgan fingerprint density at radius 2 is 2.00 bits per heavy atom. The highest BCUT2D eigenvalue weighted by atomic mass is 35.5. The van der Waals surface area contributed by atoms with Gasteiger partial charge < -0.3 is 5.32 Å². The maximum absolute atomic E-state index is 12.6. The van der Waals surface area contributed by atoms with Crippen molar-refractivity contribution in [3.63, 3.8) is 0 Å². The Hall–Kier alpha value is -0.450. The summed E-state index contributed by atoms with van der Waals surface area (Å²) < 4.78 is 37.7. The second-order valence-corrected chi connectivity index (χ2v) is 4.36. The number of rotatable bonds is 0. The van der Waals surface area contributed by atoms with Crippen molar-refractivity contribution in [2.24, 2.45) is 0 Å². The van der Waals surface area contributed by atoms with Crippen LogP contribution < -0.4 is 5.32 Å². The topological polar surface area (TPSA) is 12.0 Å². The fourth-order valence-electron chi connectivity index (χ4n) is 2.06. The molecule has 0 spiro atoms. The minimum Gasteiger partial charge on any atom is -0.310 e.